The Bertz CT molecular complexity index is 735. The molecule has 0 radical (unpaired) electrons. The minimum absolute atomic E-state index is 0.0297. The van der Waals surface area contributed by atoms with E-state index in [9.17, 15) is 5.11 Å². The van der Waals surface area contributed by atoms with Crippen molar-refractivity contribution in [3.8, 4) is 11.5 Å². The van der Waals surface area contributed by atoms with Crippen molar-refractivity contribution in [1.82, 2.24) is 5.32 Å². The quantitative estimate of drug-likeness (QED) is 0.635. The van der Waals surface area contributed by atoms with E-state index in [2.05, 4.69) is 5.32 Å². The van der Waals surface area contributed by atoms with Crippen molar-refractivity contribution < 1.29 is 14.6 Å². The van der Waals surface area contributed by atoms with Crippen LogP contribution in [0.4, 0.5) is 0 Å². The van der Waals surface area contributed by atoms with E-state index in [4.69, 9.17) is 32.7 Å². The predicted octanol–water partition coefficient (Wildman–Crippen LogP) is 4.83. The predicted molar refractivity (Wildman–Crippen MR) is 106 cm³/mol. The number of aliphatic hydroxyl groups excluding tert-OH is 1. The molecular weight excluding hydrogens is 373 g/mol. The Balaban J connectivity index is 2.18. The summed E-state index contributed by atoms with van der Waals surface area (Å²) in [6, 6.07) is 11.2. The first-order valence-electron chi connectivity index (χ1n) is 8.53. The van der Waals surface area contributed by atoms with Crippen molar-refractivity contribution in [3.05, 3.63) is 57.6 Å². The molecule has 0 aliphatic heterocycles. The summed E-state index contributed by atoms with van der Waals surface area (Å²) in [5.41, 5.74) is 1.37. The fourth-order valence-electron chi connectivity index (χ4n) is 2.26. The standard InChI is InChI=1S/C20H25Cl2NO3/c1-4-25-18-9-15(11-23-20(2,3)13-24)17(22)10-19(18)26-12-14-7-5-6-8-16(14)21/h5-10,23-24H,4,11-13H2,1-3H3. The Morgan fingerprint density at radius 2 is 1.69 bits per heavy atom. The second-order valence-corrected chi connectivity index (χ2v) is 7.41. The third-order valence-electron chi connectivity index (χ3n) is 3.91. The highest BCUT2D eigenvalue weighted by Gasteiger charge is 2.17. The van der Waals surface area contributed by atoms with E-state index >= 15 is 0 Å². The fourth-order valence-corrected chi connectivity index (χ4v) is 2.67. The first-order valence-corrected chi connectivity index (χ1v) is 9.29. The molecule has 0 saturated heterocycles. The van der Waals surface area contributed by atoms with Gasteiger partial charge in [-0.2, -0.15) is 0 Å². The molecule has 0 aliphatic carbocycles. The van der Waals surface area contributed by atoms with Crippen LogP contribution in [0.25, 0.3) is 0 Å². The van der Waals surface area contributed by atoms with Gasteiger partial charge in [0.15, 0.2) is 11.5 Å². The Kier molecular flexibility index (Phi) is 7.59. The largest absolute Gasteiger partial charge is 0.490 e. The van der Waals surface area contributed by atoms with Gasteiger partial charge < -0.3 is 19.9 Å². The Morgan fingerprint density at radius 1 is 1.00 bits per heavy atom. The van der Waals surface area contributed by atoms with Crippen molar-refractivity contribution in [3.63, 3.8) is 0 Å². The number of halogens is 2. The Morgan fingerprint density at radius 3 is 2.35 bits per heavy atom. The third-order valence-corrected chi connectivity index (χ3v) is 4.63. The third kappa shape index (κ3) is 5.78. The number of rotatable bonds is 9. The van der Waals surface area contributed by atoms with Crippen LogP contribution in [0.3, 0.4) is 0 Å². The Labute approximate surface area is 165 Å². The van der Waals surface area contributed by atoms with Gasteiger partial charge in [-0.15, -0.1) is 0 Å². The SMILES string of the molecule is CCOc1cc(CNC(C)(C)CO)c(Cl)cc1OCc1ccccc1Cl. The highest BCUT2D eigenvalue weighted by molar-refractivity contribution is 6.31. The summed E-state index contributed by atoms with van der Waals surface area (Å²) in [5, 5.41) is 13.9. The minimum Gasteiger partial charge on any atom is -0.490 e. The van der Waals surface area contributed by atoms with Crippen LogP contribution in [0.15, 0.2) is 36.4 Å². The molecule has 0 aromatic heterocycles. The van der Waals surface area contributed by atoms with Crippen molar-refractivity contribution in [2.75, 3.05) is 13.2 Å². The average molecular weight is 398 g/mol. The number of ether oxygens (including phenoxy) is 2. The maximum absolute atomic E-state index is 9.37. The van der Waals surface area contributed by atoms with Gasteiger partial charge in [0.2, 0.25) is 0 Å². The molecule has 2 rings (SSSR count). The van der Waals surface area contributed by atoms with Crippen molar-refractivity contribution in [2.45, 2.75) is 39.5 Å². The lowest BCUT2D eigenvalue weighted by molar-refractivity contribution is 0.187. The van der Waals surface area contributed by atoms with Gasteiger partial charge in [0.05, 0.1) is 13.2 Å². The highest BCUT2D eigenvalue weighted by atomic mass is 35.5. The molecule has 0 aliphatic rings. The van der Waals surface area contributed by atoms with E-state index in [1.165, 1.54) is 0 Å². The van der Waals surface area contributed by atoms with Crippen LogP contribution >= 0.6 is 23.2 Å². The monoisotopic (exact) mass is 397 g/mol. The number of aliphatic hydroxyl groups is 1. The molecule has 0 bridgehead atoms. The van der Waals surface area contributed by atoms with E-state index in [1.807, 2.05) is 51.1 Å². The lowest BCUT2D eigenvalue weighted by atomic mass is 10.1. The molecule has 26 heavy (non-hydrogen) atoms. The number of hydrogen-bond acceptors (Lipinski definition) is 4. The number of hydrogen-bond donors (Lipinski definition) is 2. The van der Waals surface area contributed by atoms with Gasteiger partial charge in [0.25, 0.3) is 0 Å². The molecule has 2 aromatic rings. The topological polar surface area (TPSA) is 50.7 Å². The van der Waals surface area contributed by atoms with Crippen molar-refractivity contribution in [1.29, 1.82) is 0 Å². The van der Waals surface area contributed by atoms with Crippen LogP contribution in [-0.4, -0.2) is 23.9 Å². The van der Waals surface area contributed by atoms with Crippen molar-refractivity contribution in [2.24, 2.45) is 0 Å². The minimum atomic E-state index is -0.395. The maximum Gasteiger partial charge on any atom is 0.163 e. The molecule has 2 aromatic carbocycles. The Hall–Kier alpha value is -1.46. The zero-order valence-corrected chi connectivity index (χ0v) is 16.8. The van der Waals surface area contributed by atoms with Crippen LogP contribution in [-0.2, 0) is 13.2 Å². The zero-order chi connectivity index (χ0) is 19.2. The lowest BCUT2D eigenvalue weighted by Gasteiger charge is -2.24. The fraction of sp³-hybridized carbons (Fsp3) is 0.400. The highest BCUT2D eigenvalue weighted by Crippen LogP contribution is 2.34. The molecular formula is C20H25Cl2NO3. The molecule has 0 fully saturated rings. The first kappa shape index (κ1) is 20.8. The lowest BCUT2D eigenvalue weighted by Crippen LogP contribution is -2.42. The van der Waals surface area contributed by atoms with E-state index < -0.39 is 5.54 Å². The summed E-state index contributed by atoms with van der Waals surface area (Å²) in [7, 11) is 0. The smallest absolute Gasteiger partial charge is 0.163 e. The van der Waals surface area contributed by atoms with Crippen molar-refractivity contribution >= 4 is 23.2 Å². The van der Waals surface area contributed by atoms with Gasteiger partial charge in [-0.3, -0.25) is 0 Å². The average Bonchev–Trinajstić information content (AvgIpc) is 2.62. The van der Waals surface area contributed by atoms with E-state index in [0.717, 1.165) is 11.1 Å². The van der Waals surface area contributed by atoms with Crippen LogP contribution in [0, 0.1) is 0 Å². The second kappa shape index (κ2) is 9.47. The molecule has 0 amide bonds. The molecule has 4 nitrogen and oxygen atoms in total. The maximum atomic E-state index is 9.37. The van der Waals surface area contributed by atoms with E-state index in [0.29, 0.717) is 41.3 Å². The second-order valence-electron chi connectivity index (χ2n) is 6.60. The normalized spacial score (nSPS) is 11.5. The zero-order valence-electron chi connectivity index (χ0n) is 15.3. The summed E-state index contributed by atoms with van der Waals surface area (Å²) < 4.78 is 11.6. The van der Waals surface area contributed by atoms with E-state index in [1.54, 1.807) is 6.07 Å². The summed E-state index contributed by atoms with van der Waals surface area (Å²) in [6.45, 7) is 7.14. The van der Waals surface area contributed by atoms with Gasteiger partial charge in [-0.25, -0.2) is 0 Å². The molecule has 2 N–H and O–H groups in total. The first-order chi connectivity index (χ1) is 12.4. The van der Waals surface area contributed by atoms with Gasteiger partial charge in [-0.05, 0) is 38.5 Å². The molecule has 142 valence electrons. The van der Waals surface area contributed by atoms with E-state index in [-0.39, 0.29) is 6.61 Å². The van der Waals surface area contributed by atoms with Gasteiger partial charge >= 0.3 is 0 Å². The van der Waals surface area contributed by atoms with Gasteiger partial charge in [-0.1, -0.05) is 41.4 Å². The molecule has 0 unspecified atom stereocenters. The summed E-state index contributed by atoms with van der Waals surface area (Å²) >= 11 is 12.6. The molecule has 0 atom stereocenters. The molecule has 6 heteroatoms. The molecule has 0 saturated carbocycles. The van der Waals surface area contributed by atoms with Gasteiger partial charge in [0, 0.05) is 33.8 Å². The van der Waals surface area contributed by atoms with Crippen LogP contribution < -0.4 is 14.8 Å². The summed E-state index contributed by atoms with van der Waals surface area (Å²) in [4.78, 5) is 0. The number of benzene rings is 2. The number of nitrogens with one attached hydrogen (secondary N) is 1. The van der Waals surface area contributed by atoms with Crippen LogP contribution in [0.1, 0.15) is 31.9 Å². The summed E-state index contributed by atoms with van der Waals surface area (Å²) in [6.07, 6.45) is 0. The summed E-state index contributed by atoms with van der Waals surface area (Å²) in [5.74, 6) is 1.20. The van der Waals surface area contributed by atoms with Crippen LogP contribution in [0.2, 0.25) is 10.0 Å². The van der Waals surface area contributed by atoms with Gasteiger partial charge in [0.1, 0.15) is 6.61 Å². The van der Waals surface area contributed by atoms with Crippen LogP contribution in [0.5, 0.6) is 11.5 Å². The molecule has 0 spiro atoms. The molecule has 0 heterocycles.